The van der Waals surface area contributed by atoms with Crippen LogP contribution in [-0.2, 0) is 4.79 Å². The Morgan fingerprint density at radius 2 is 2.37 bits per heavy atom. The molecule has 0 spiro atoms. The zero-order valence-corrected chi connectivity index (χ0v) is 12.2. The van der Waals surface area contributed by atoms with Gasteiger partial charge in [0, 0.05) is 30.7 Å². The van der Waals surface area contributed by atoms with E-state index in [0.717, 1.165) is 36.6 Å². The van der Waals surface area contributed by atoms with Gasteiger partial charge < -0.3 is 4.90 Å². The number of hydrogen-bond acceptors (Lipinski definition) is 3. The number of likely N-dealkylation sites (N-methyl/N-ethyl adjacent to an activating group) is 1. The number of amides is 1. The molecule has 5 heteroatoms. The van der Waals surface area contributed by atoms with E-state index in [4.69, 9.17) is 0 Å². The molecule has 19 heavy (non-hydrogen) atoms. The Morgan fingerprint density at radius 1 is 1.53 bits per heavy atom. The summed E-state index contributed by atoms with van der Waals surface area (Å²) in [7, 11) is 0. The van der Waals surface area contributed by atoms with Crippen molar-refractivity contribution in [3.05, 3.63) is 29.5 Å². The first-order valence-electron chi connectivity index (χ1n) is 6.63. The Morgan fingerprint density at radius 3 is 3.11 bits per heavy atom. The molecule has 0 fully saturated rings. The number of fused-ring (bicyclic) bond motifs is 1. The number of rotatable bonds is 6. The Labute approximate surface area is 117 Å². The summed E-state index contributed by atoms with van der Waals surface area (Å²) in [5.41, 5.74) is 0.941. The van der Waals surface area contributed by atoms with E-state index in [-0.39, 0.29) is 5.91 Å². The highest BCUT2D eigenvalue weighted by Crippen LogP contribution is 2.13. The maximum absolute atomic E-state index is 12.1. The summed E-state index contributed by atoms with van der Waals surface area (Å²) < 4.78 is 1.98. The molecule has 0 saturated heterocycles. The van der Waals surface area contributed by atoms with Crippen molar-refractivity contribution in [3.63, 3.8) is 0 Å². The van der Waals surface area contributed by atoms with Gasteiger partial charge >= 0.3 is 0 Å². The zero-order chi connectivity index (χ0) is 13.7. The summed E-state index contributed by atoms with van der Waals surface area (Å²) in [5.74, 6) is 0.0705. The monoisotopic (exact) mass is 277 g/mol. The SMILES string of the molecule is CCCCN(CC)C(=O)/C=C/c1cnc2sccn12. The minimum atomic E-state index is 0.0705. The molecule has 0 radical (unpaired) electrons. The molecule has 0 aliphatic carbocycles. The van der Waals surface area contributed by atoms with Crippen LogP contribution in [0.1, 0.15) is 32.4 Å². The Balaban J connectivity index is 2.05. The number of nitrogens with zero attached hydrogens (tertiary/aromatic N) is 3. The first kappa shape index (κ1) is 13.8. The van der Waals surface area contributed by atoms with Crippen molar-refractivity contribution in [1.82, 2.24) is 14.3 Å². The Hall–Kier alpha value is -1.62. The van der Waals surface area contributed by atoms with Gasteiger partial charge in [-0.25, -0.2) is 4.98 Å². The number of carbonyl (C=O) groups excluding carboxylic acids is 1. The number of aromatic nitrogens is 2. The second kappa shape index (κ2) is 6.52. The average molecular weight is 277 g/mol. The molecule has 2 aromatic rings. The Bertz CT molecular complexity index is 570. The van der Waals surface area contributed by atoms with Crippen molar-refractivity contribution >= 4 is 28.3 Å². The summed E-state index contributed by atoms with van der Waals surface area (Å²) in [6.45, 7) is 5.73. The van der Waals surface area contributed by atoms with Crippen molar-refractivity contribution in [3.8, 4) is 0 Å². The summed E-state index contributed by atoms with van der Waals surface area (Å²) in [4.78, 5) is 19.2. The molecule has 0 aliphatic rings. The molecule has 2 aromatic heterocycles. The molecule has 0 saturated carbocycles. The molecule has 0 unspecified atom stereocenters. The second-order valence-electron chi connectivity index (χ2n) is 4.34. The fourth-order valence-corrected chi connectivity index (χ4v) is 2.60. The summed E-state index contributed by atoms with van der Waals surface area (Å²) in [6.07, 6.45) is 9.38. The molecule has 102 valence electrons. The van der Waals surface area contributed by atoms with Gasteiger partial charge in [-0.15, -0.1) is 11.3 Å². The lowest BCUT2D eigenvalue weighted by Gasteiger charge is -2.18. The fourth-order valence-electron chi connectivity index (χ4n) is 1.90. The maximum Gasteiger partial charge on any atom is 0.246 e. The fraction of sp³-hybridized carbons (Fsp3) is 0.429. The lowest BCUT2D eigenvalue weighted by atomic mass is 10.3. The van der Waals surface area contributed by atoms with E-state index in [2.05, 4.69) is 11.9 Å². The first-order chi connectivity index (χ1) is 9.26. The second-order valence-corrected chi connectivity index (χ2v) is 5.22. The van der Waals surface area contributed by atoms with Gasteiger partial charge in [-0.2, -0.15) is 0 Å². The van der Waals surface area contributed by atoms with E-state index in [1.54, 1.807) is 23.6 Å². The molecule has 0 aliphatic heterocycles. The standard InChI is InChI=1S/C14H19N3OS/c1-3-5-8-16(4-2)13(18)7-6-12-11-15-14-17(12)9-10-19-14/h6-7,9-11H,3-5,8H2,1-2H3/b7-6+. The minimum Gasteiger partial charge on any atom is -0.339 e. The third-order valence-electron chi connectivity index (χ3n) is 3.05. The van der Waals surface area contributed by atoms with E-state index in [1.807, 2.05) is 33.9 Å². The molecular weight excluding hydrogens is 258 g/mol. The van der Waals surface area contributed by atoms with Crippen LogP contribution >= 0.6 is 11.3 Å². The largest absolute Gasteiger partial charge is 0.339 e. The lowest BCUT2D eigenvalue weighted by molar-refractivity contribution is -0.125. The highest BCUT2D eigenvalue weighted by atomic mass is 32.1. The maximum atomic E-state index is 12.1. The van der Waals surface area contributed by atoms with Gasteiger partial charge in [0.15, 0.2) is 4.96 Å². The molecule has 4 nitrogen and oxygen atoms in total. The van der Waals surface area contributed by atoms with Gasteiger partial charge in [0.2, 0.25) is 5.91 Å². The summed E-state index contributed by atoms with van der Waals surface area (Å²) >= 11 is 1.59. The van der Waals surface area contributed by atoms with Crippen molar-refractivity contribution in [2.75, 3.05) is 13.1 Å². The normalized spacial score (nSPS) is 11.5. The van der Waals surface area contributed by atoms with E-state index in [1.165, 1.54) is 0 Å². The molecule has 2 heterocycles. The van der Waals surface area contributed by atoms with Crippen LogP contribution in [0.15, 0.2) is 23.8 Å². The van der Waals surface area contributed by atoms with Gasteiger partial charge in [-0.05, 0) is 19.4 Å². The number of carbonyl (C=O) groups is 1. The molecular formula is C14H19N3OS. The van der Waals surface area contributed by atoms with Crippen molar-refractivity contribution in [2.45, 2.75) is 26.7 Å². The van der Waals surface area contributed by atoms with Crippen LogP contribution in [0.4, 0.5) is 0 Å². The van der Waals surface area contributed by atoms with Crippen molar-refractivity contribution in [2.24, 2.45) is 0 Å². The lowest BCUT2D eigenvalue weighted by Crippen LogP contribution is -2.30. The van der Waals surface area contributed by atoms with Gasteiger partial charge in [0.05, 0.1) is 11.9 Å². The molecule has 1 amide bonds. The van der Waals surface area contributed by atoms with Crippen LogP contribution in [0.2, 0.25) is 0 Å². The first-order valence-corrected chi connectivity index (χ1v) is 7.51. The van der Waals surface area contributed by atoms with Gasteiger partial charge in [0.25, 0.3) is 0 Å². The minimum absolute atomic E-state index is 0.0705. The van der Waals surface area contributed by atoms with E-state index >= 15 is 0 Å². The molecule has 0 atom stereocenters. The third-order valence-corrected chi connectivity index (χ3v) is 3.82. The molecule has 2 rings (SSSR count). The number of imidazole rings is 1. The Kier molecular flexibility index (Phi) is 4.74. The summed E-state index contributed by atoms with van der Waals surface area (Å²) in [5, 5.41) is 1.99. The predicted molar refractivity (Wildman–Crippen MR) is 79.3 cm³/mol. The molecule has 0 aromatic carbocycles. The number of thiazole rings is 1. The van der Waals surface area contributed by atoms with Gasteiger partial charge in [0.1, 0.15) is 0 Å². The van der Waals surface area contributed by atoms with Crippen LogP contribution in [0.5, 0.6) is 0 Å². The van der Waals surface area contributed by atoms with Crippen LogP contribution in [-0.4, -0.2) is 33.3 Å². The average Bonchev–Trinajstić information content (AvgIpc) is 3.00. The number of unbranched alkanes of at least 4 members (excludes halogenated alkanes) is 1. The van der Waals surface area contributed by atoms with Crippen LogP contribution < -0.4 is 0 Å². The van der Waals surface area contributed by atoms with E-state index < -0.39 is 0 Å². The van der Waals surface area contributed by atoms with Gasteiger partial charge in [-0.3, -0.25) is 9.20 Å². The van der Waals surface area contributed by atoms with Gasteiger partial charge in [-0.1, -0.05) is 13.3 Å². The van der Waals surface area contributed by atoms with Crippen LogP contribution in [0, 0.1) is 0 Å². The zero-order valence-electron chi connectivity index (χ0n) is 11.4. The highest BCUT2D eigenvalue weighted by Gasteiger charge is 2.07. The smallest absolute Gasteiger partial charge is 0.246 e. The van der Waals surface area contributed by atoms with Crippen molar-refractivity contribution < 1.29 is 4.79 Å². The highest BCUT2D eigenvalue weighted by molar-refractivity contribution is 7.15. The van der Waals surface area contributed by atoms with Crippen molar-refractivity contribution in [1.29, 1.82) is 0 Å². The summed E-state index contributed by atoms with van der Waals surface area (Å²) in [6, 6.07) is 0. The van der Waals surface area contributed by atoms with Crippen LogP contribution in [0.3, 0.4) is 0 Å². The molecule has 0 bridgehead atoms. The van der Waals surface area contributed by atoms with Crippen LogP contribution in [0.25, 0.3) is 11.0 Å². The molecule has 0 N–H and O–H groups in total. The van der Waals surface area contributed by atoms with E-state index in [9.17, 15) is 4.79 Å². The number of hydrogen-bond donors (Lipinski definition) is 0. The topological polar surface area (TPSA) is 37.6 Å². The predicted octanol–water partition coefficient (Wildman–Crippen LogP) is 3.06. The third kappa shape index (κ3) is 3.23. The van der Waals surface area contributed by atoms with E-state index in [0.29, 0.717) is 0 Å². The quantitative estimate of drug-likeness (QED) is 0.761.